The van der Waals surface area contributed by atoms with Crippen molar-refractivity contribution >= 4 is 5.91 Å². The third-order valence-corrected chi connectivity index (χ3v) is 3.14. The highest BCUT2D eigenvalue weighted by atomic mass is 16.2. The van der Waals surface area contributed by atoms with Crippen LogP contribution >= 0.6 is 0 Å². The van der Waals surface area contributed by atoms with E-state index in [-0.39, 0.29) is 18.0 Å². The van der Waals surface area contributed by atoms with Crippen molar-refractivity contribution < 1.29 is 4.79 Å². The zero-order valence-electron chi connectivity index (χ0n) is 9.25. The molecule has 0 aromatic carbocycles. The van der Waals surface area contributed by atoms with Crippen molar-refractivity contribution in [1.29, 1.82) is 0 Å². The predicted octanol–water partition coefficient (Wildman–Crippen LogP) is 1.42. The van der Waals surface area contributed by atoms with E-state index in [0.29, 0.717) is 5.92 Å². The third kappa shape index (κ3) is 3.29. The number of carbonyl (C=O) groups is 1. The average Bonchev–Trinajstić information content (AvgIpc) is 2.19. The van der Waals surface area contributed by atoms with Crippen LogP contribution in [0, 0.1) is 5.92 Å². The maximum atomic E-state index is 11.4. The third-order valence-electron chi connectivity index (χ3n) is 3.14. The lowest BCUT2D eigenvalue weighted by Crippen LogP contribution is -2.45. The summed E-state index contributed by atoms with van der Waals surface area (Å²) >= 11 is 0. The first-order chi connectivity index (χ1) is 6.61. The summed E-state index contributed by atoms with van der Waals surface area (Å²) in [7, 11) is 0. The molecule has 1 aliphatic rings. The lowest BCUT2D eigenvalue weighted by atomic mass is 9.84. The van der Waals surface area contributed by atoms with Gasteiger partial charge in [0.05, 0.1) is 6.04 Å². The molecule has 0 aliphatic heterocycles. The first-order valence-electron chi connectivity index (χ1n) is 5.67. The molecule has 3 heteroatoms. The Balaban J connectivity index is 2.32. The Kier molecular flexibility index (Phi) is 4.39. The number of rotatable bonds is 3. The van der Waals surface area contributed by atoms with Gasteiger partial charge in [0, 0.05) is 6.04 Å². The molecule has 1 saturated carbocycles. The van der Waals surface area contributed by atoms with E-state index in [9.17, 15) is 4.79 Å². The summed E-state index contributed by atoms with van der Waals surface area (Å²) in [5.74, 6) is 0.634. The van der Waals surface area contributed by atoms with Crippen LogP contribution in [0.2, 0.25) is 0 Å². The summed E-state index contributed by atoms with van der Waals surface area (Å²) in [6, 6.07) is -0.102. The topological polar surface area (TPSA) is 55.1 Å². The Labute approximate surface area is 86.4 Å². The second kappa shape index (κ2) is 5.35. The molecule has 0 radical (unpaired) electrons. The molecule has 0 spiro atoms. The van der Waals surface area contributed by atoms with E-state index < -0.39 is 0 Å². The SMILES string of the molecule is C[C@@H](N)C(=O)N[C@H](C)C1CCCCC1. The first kappa shape index (κ1) is 11.5. The van der Waals surface area contributed by atoms with Gasteiger partial charge in [0.2, 0.25) is 5.91 Å². The largest absolute Gasteiger partial charge is 0.352 e. The first-order valence-corrected chi connectivity index (χ1v) is 5.67. The van der Waals surface area contributed by atoms with Gasteiger partial charge in [-0.15, -0.1) is 0 Å². The molecule has 0 heterocycles. The molecule has 0 unspecified atom stereocenters. The van der Waals surface area contributed by atoms with Crippen LogP contribution in [-0.4, -0.2) is 18.0 Å². The summed E-state index contributed by atoms with van der Waals surface area (Å²) in [5.41, 5.74) is 5.50. The lowest BCUT2D eigenvalue weighted by Gasteiger charge is -2.28. The number of hydrogen-bond donors (Lipinski definition) is 2. The van der Waals surface area contributed by atoms with E-state index in [2.05, 4.69) is 12.2 Å². The van der Waals surface area contributed by atoms with E-state index >= 15 is 0 Å². The molecule has 82 valence electrons. The van der Waals surface area contributed by atoms with Crippen LogP contribution in [0.1, 0.15) is 46.0 Å². The standard InChI is InChI=1S/C11H22N2O/c1-8(12)11(14)13-9(2)10-6-4-3-5-7-10/h8-10H,3-7,12H2,1-2H3,(H,13,14)/t8-,9-/m1/s1. The molecular weight excluding hydrogens is 176 g/mol. The summed E-state index contributed by atoms with van der Waals surface area (Å²) < 4.78 is 0. The monoisotopic (exact) mass is 198 g/mol. The van der Waals surface area contributed by atoms with E-state index in [0.717, 1.165) is 0 Å². The summed E-state index contributed by atoms with van der Waals surface area (Å²) in [6.07, 6.45) is 6.47. The molecular formula is C11H22N2O. The smallest absolute Gasteiger partial charge is 0.236 e. The molecule has 0 aromatic rings. The molecule has 1 fully saturated rings. The second-order valence-corrected chi connectivity index (χ2v) is 4.48. The van der Waals surface area contributed by atoms with Crippen molar-refractivity contribution in [2.24, 2.45) is 11.7 Å². The van der Waals surface area contributed by atoms with Crippen LogP contribution in [0.4, 0.5) is 0 Å². The van der Waals surface area contributed by atoms with Crippen molar-refractivity contribution in [3.8, 4) is 0 Å². The van der Waals surface area contributed by atoms with E-state index in [1.54, 1.807) is 6.92 Å². The molecule has 1 aliphatic carbocycles. The van der Waals surface area contributed by atoms with Gasteiger partial charge in [-0.05, 0) is 32.6 Å². The molecule has 14 heavy (non-hydrogen) atoms. The van der Waals surface area contributed by atoms with Gasteiger partial charge in [-0.1, -0.05) is 19.3 Å². The van der Waals surface area contributed by atoms with E-state index in [1.807, 2.05) is 0 Å². The molecule has 2 atom stereocenters. The highest BCUT2D eigenvalue weighted by molar-refractivity contribution is 5.81. The molecule has 1 amide bonds. The fourth-order valence-electron chi connectivity index (χ4n) is 2.11. The van der Waals surface area contributed by atoms with Gasteiger partial charge in [-0.25, -0.2) is 0 Å². The maximum absolute atomic E-state index is 11.4. The summed E-state index contributed by atoms with van der Waals surface area (Å²) in [4.78, 5) is 11.4. The van der Waals surface area contributed by atoms with Crippen LogP contribution in [0.5, 0.6) is 0 Å². The summed E-state index contributed by atoms with van der Waals surface area (Å²) in [5, 5.41) is 2.99. The predicted molar refractivity (Wildman–Crippen MR) is 57.8 cm³/mol. The molecule has 3 N–H and O–H groups in total. The van der Waals surface area contributed by atoms with Crippen LogP contribution < -0.4 is 11.1 Å². The van der Waals surface area contributed by atoms with Crippen molar-refractivity contribution in [2.45, 2.75) is 58.0 Å². The minimum absolute atomic E-state index is 0.0249. The van der Waals surface area contributed by atoms with Crippen LogP contribution in [0.25, 0.3) is 0 Å². The Bertz CT molecular complexity index is 186. The minimum Gasteiger partial charge on any atom is -0.352 e. The lowest BCUT2D eigenvalue weighted by molar-refractivity contribution is -0.123. The van der Waals surface area contributed by atoms with Gasteiger partial charge in [0.25, 0.3) is 0 Å². The zero-order valence-corrected chi connectivity index (χ0v) is 9.25. The van der Waals surface area contributed by atoms with Gasteiger partial charge >= 0.3 is 0 Å². The number of carbonyl (C=O) groups excluding carboxylic acids is 1. The number of hydrogen-bond acceptors (Lipinski definition) is 2. The number of nitrogens with one attached hydrogen (secondary N) is 1. The van der Waals surface area contributed by atoms with Crippen molar-refractivity contribution in [1.82, 2.24) is 5.32 Å². The van der Waals surface area contributed by atoms with Crippen molar-refractivity contribution in [3.05, 3.63) is 0 Å². The van der Waals surface area contributed by atoms with Gasteiger partial charge < -0.3 is 11.1 Å². The zero-order chi connectivity index (χ0) is 10.6. The Morgan fingerprint density at radius 1 is 1.29 bits per heavy atom. The Hall–Kier alpha value is -0.570. The normalized spacial score (nSPS) is 22.8. The average molecular weight is 198 g/mol. The van der Waals surface area contributed by atoms with Crippen LogP contribution in [0.3, 0.4) is 0 Å². The van der Waals surface area contributed by atoms with E-state index in [4.69, 9.17) is 5.73 Å². The fourth-order valence-corrected chi connectivity index (χ4v) is 2.11. The van der Waals surface area contributed by atoms with Crippen LogP contribution in [-0.2, 0) is 4.79 Å². The maximum Gasteiger partial charge on any atom is 0.236 e. The highest BCUT2D eigenvalue weighted by Gasteiger charge is 2.22. The quantitative estimate of drug-likeness (QED) is 0.720. The Morgan fingerprint density at radius 2 is 1.86 bits per heavy atom. The molecule has 1 rings (SSSR count). The molecule has 0 bridgehead atoms. The summed E-state index contributed by atoms with van der Waals surface area (Å²) in [6.45, 7) is 3.82. The van der Waals surface area contributed by atoms with Gasteiger partial charge in [-0.2, -0.15) is 0 Å². The molecule has 0 aromatic heterocycles. The number of amides is 1. The van der Waals surface area contributed by atoms with Crippen molar-refractivity contribution in [3.63, 3.8) is 0 Å². The van der Waals surface area contributed by atoms with Gasteiger partial charge in [0.15, 0.2) is 0 Å². The Morgan fingerprint density at radius 3 is 2.36 bits per heavy atom. The van der Waals surface area contributed by atoms with Crippen LogP contribution in [0.15, 0.2) is 0 Å². The number of nitrogens with two attached hydrogens (primary N) is 1. The highest BCUT2D eigenvalue weighted by Crippen LogP contribution is 2.26. The van der Waals surface area contributed by atoms with Gasteiger partial charge in [-0.3, -0.25) is 4.79 Å². The van der Waals surface area contributed by atoms with Gasteiger partial charge in [0.1, 0.15) is 0 Å². The minimum atomic E-state index is -0.388. The second-order valence-electron chi connectivity index (χ2n) is 4.48. The van der Waals surface area contributed by atoms with Crippen molar-refractivity contribution in [2.75, 3.05) is 0 Å². The fraction of sp³-hybridized carbons (Fsp3) is 0.909. The molecule has 0 saturated heterocycles. The molecule has 3 nitrogen and oxygen atoms in total. The van der Waals surface area contributed by atoms with E-state index in [1.165, 1.54) is 32.1 Å².